The summed E-state index contributed by atoms with van der Waals surface area (Å²) in [5, 5.41) is 4.06. The molecule has 3 heteroatoms. The first kappa shape index (κ1) is 12.4. The van der Waals surface area contributed by atoms with Gasteiger partial charge in [-0.05, 0) is 36.6 Å². The van der Waals surface area contributed by atoms with Crippen molar-refractivity contribution in [1.29, 1.82) is 0 Å². The zero-order valence-electron chi connectivity index (χ0n) is 10.9. The van der Waals surface area contributed by atoms with Crippen molar-refractivity contribution in [2.45, 2.75) is 13.3 Å². The monoisotopic (exact) mass is 242 g/mol. The van der Waals surface area contributed by atoms with Gasteiger partial charge >= 0.3 is 0 Å². The molecule has 1 N–H and O–H groups in total. The molecular formula is C15H18N2O. The molecule has 1 heterocycles. The summed E-state index contributed by atoms with van der Waals surface area (Å²) in [5.41, 5.74) is 3.76. The molecule has 0 saturated heterocycles. The zero-order chi connectivity index (χ0) is 13.1. The number of nitrogens with zero attached hydrogens (tertiary/aromatic N) is 1. The fraction of sp³-hybridized carbons (Fsp3) is 0.267. The van der Waals surface area contributed by atoms with Crippen LogP contribution in [0, 0.1) is 6.92 Å². The average Bonchev–Trinajstić information content (AvgIpc) is 2.66. The maximum absolute atomic E-state index is 11.1. The molecule has 1 amide bonds. The number of rotatable bonds is 4. The third kappa shape index (κ3) is 2.45. The summed E-state index contributed by atoms with van der Waals surface area (Å²) in [6, 6.07) is 6.45. The predicted molar refractivity (Wildman–Crippen MR) is 74.6 cm³/mol. The number of nitrogens with one attached hydrogen (secondary N) is 1. The van der Waals surface area contributed by atoms with E-state index in [1.165, 1.54) is 28.1 Å². The van der Waals surface area contributed by atoms with Crippen molar-refractivity contribution in [1.82, 2.24) is 9.88 Å². The lowest BCUT2D eigenvalue weighted by Gasteiger charge is -2.01. The maximum atomic E-state index is 11.1. The van der Waals surface area contributed by atoms with E-state index in [4.69, 9.17) is 0 Å². The van der Waals surface area contributed by atoms with Crippen LogP contribution in [0.15, 0.2) is 37.1 Å². The normalized spacial score (nSPS) is 10.6. The quantitative estimate of drug-likeness (QED) is 0.820. The molecule has 1 aromatic heterocycles. The molecule has 0 saturated carbocycles. The second-order valence-electron chi connectivity index (χ2n) is 4.53. The van der Waals surface area contributed by atoms with Crippen LogP contribution in [0.3, 0.4) is 0 Å². The molecule has 0 spiro atoms. The van der Waals surface area contributed by atoms with Crippen LogP contribution in [0.4, 0.5) is 0 Å². The van der Waals surface area contributed by atoms with Crippen LogP contribution in [-0.4, -0.2) is 17.0 Å². The standard InChI is InChI=1S/C15H18N2O/c1-4-15(18)16-8-7-12-10-17(3)14-9-11(2)5-6-13(12)14/h4-6,9-10H,1,7-8H2,2-3H3,(H,16,18). The average molecular weight is 242 g/mol. The Morgan fingerprint density at radius 3 is 3.00 bits per heavy atom. The molecule has 2 rings (SSSR count). The Bertz CT molecular complexity index is 596. The molecule has 1 aromatic carbocycles. The summed E-state index contributed by atoms with van der Waals surface area (Å²) in [7, 11) is 2.05. The van der Waals surface area contributed by atoms with E-state index in [-0.39, 0.29) is 5.91 Å². The number of carbonyl (C=O) groups is 1. The van der Waals surface area contributed by atoms with E-state index in [2.05, 4.69) is 47.8 Å². The van der Waals surface area contributed by atoms with Crippen LogP contribution in [-0.2, 0) is 18.3 Å². The van der Waals surface area contributed by atoms with Crippen molar-refractivity contribution in [3.63, 3.8) is 0 Å². The van der Waals surface area contributed by atoms with Gasteiger partial charge in [0.1, 0.15) is 0 Å². The molecule has 0 aliphatic heterocycles. The molecule has 0 aliphatic carbocycles. The van der Waals surface area contributed by atoms with Crippen LogP contribution < -0.4 is 5.32 Å². The number of carbonyl (C=O) groups excluding carboxylic acids is 1. The molecular weight excluding hydrogens is 224 g/mol. The highest BCUT2D eigenvalue weighted by Crippen LogP contribution is 2.22. The third-order valence-electron chi connectivity index (χ3n) is 3.11. The van der Waals surface area contributed by atoms with Crippen LogP contribution >= 0.6 is 0 Å². The molecule has 0 radical (unpaired) electrons. The van der Waals surface area contributed by atoms with Crippen molar-refractivity contribution in [2.75, 3.05) is 6.54 Å². The van der Waals surface area contributed by atoms with E-state index < -0.39 is 0 Å². The highest BCUT2D eigenvalue weighted by Gasteiger charge is 2.06. The largest absolute Gasteiger partial charge is 0.352 e. The Labute approximate surface area is 107 Å². The third-order valence-corrected chi connectivity index (χ3v) is 3.11. The summed E-state index contributed by atoms with van der Waals surface area (Å²) in [6.07, 6.45) is 4.26. The number of aromatic nitrogens is 1. The van der Waals surface area contributed by atoms with Gasteiger partial charge in [-0.15, -0.1) is 0 Å². The first-order valence-electron chi connectivity index (χ1n) is 6.06. The number of fused-ring (bicyclic) bond motifs is 1. The summed E-state index contributed by atoms with van der Waals surface area (Å²) in [6.45, 7) is 6.16. The topological polar surface area (TPSA) is 34.0 Å². The number of amides is 1. The highest BCUT2D eigenvalue weighted by molar-refractivity contribution is 5.87. The lowest BCUT2D eigenvalue weighted by atomic mass is 10.1. The van der Waals surface area contributed by atoms with Gasteiger partial charge in [-0.2, -0.15) is 0 Å². The van der Waals surface area contributed by atoms with Crippen LogP contribution in [0.25, 0.3) is 10.9 Å². The Balaban J connectivity index is 2.19. The van der Waals surface area contributed by atoms with Crippen molar-refractivity contribution < 1.29 is 4.79 Å². The lowest BCUT2D eigenvalue weighted by Crippen LogP contribution is -2.23. The fourth-order valence-corrected chi connectivity index (χ4v) is 2.17. The van der Waals surface area contributed by atoms with Gasteiger partial charge in [-0.1, -0.05) is 18.7 Å². The SMILES string of the molecule is C=CC(=O)NCCc1cn(C)c2cc(C)ccc12. The minimum Gasteiger partial charge on any atom is -0.352 e. The molecule has 0 fully saturated rings. The second-order valence-corrected chi connectivity index (χ2v) is 4.53. The Hall–Kier alpha value is -2.03. The van der Waals surface area contributed by atoms with Gasteiger partial charge < -0.3 is 9.88 Å². The van der Waals surface area contributed by atoms with Crippen molar-refractivity contribution in [3.05, 3.63) is 48.2 Å². The van der Waals surface area contributed by atoms with Gasteiger partial charge in [0.25, 0.3) is 0 Å². The van der Waals surface area contributed by atoms with Crippen LogP contribution in [0.1, 0.15) is 11.1 Å². The van der Waals surface area contributed by atoms with E-state index >= 15 is 0 Å². The van der Waals surface area contributed by atoms with Gasteiger partial charge in [-0.3, -0.25) is 4.79 Å². The number of hydrogen-bond donors (Lipinski definition) is 1. The molecule has 94 valence electrons. The van der Waals surface area contributed by atoms with E-state index in [1.54, 1.807) is 0 Å². The number of benzene rings is 1. The van der Waals surface area contributed by atoms with Crippen LogP contribution in [0.2, 0.25) is 0 Å². The summed E-state index contributed by atoms with van der Waals surface area (Å²) < 4.78 is 2.13. The Morgan fingerprint density at radius 2 is 2.28 bits per heavy atom. The summed E-state index contributed by atoms with van der Waals surface area (Å²) in [5.74, 6) is -0.119. The minimum absolute atomic E-state index is 0.119. The van der Waals surface area contributed by atoms with Crippen molar-refractivity contribution >= 4 is 16.8 Å². The van der Waals surface area contributed by atoms with E-state index in [0.717, 1.165) is 6.42 Å². The molecule has 0 atom stereocenters. The minimum atomic E-state index is -0.119. The van der Waals surface area contributed by atoms with Crippen molar-refractivity contribution in [3.8, 4) is 0 Å². The number of aryl methyl sites for hydroxylation is 2. The molecule has 0 aliphatic rings. The Morgan fingerprint density at radius 1 is 1.50 bits per heavy atom. The molecule has 3 nitrogen and oxygen atoms in total. The first-order valence-corrected chi connectivity index (χ1v) is 6.06. The van der Waals surface area contributed by atoms with Crippen molar-refractivity contribution in [2.24, 2.45) is 7.05 Å². The van der Waals surface area contributed by atoms with Gasteiger partial charge in [0.15, 0.2) is 0 Å². The molecule has 2 aromatic rings. The van der Waals surface area contributed by atoms with Gasteiger partial charge in [0, 0.05) is 30.7 Å². The number of hydrogen-bond acceptors (Lipinski definition) is 1. The zero-order valence-corrected chi connectivity index (χ0v) is 10.9. The second kappa shape index (κ2) is 5.08. The first-order chi connectivity index (χ1) is 8.61. The fourth-order valence-electron chi connectivity index (χ4n) is 2.17. The Kier molecular flexibility index (Phi) is 3.51. The molecule has 0 bridgehead atoms. The smallest absolute Gasteiger partial charge is 0.243 e. The van der Waals surface area contributed by atoms with E-state index in [9.17, 15) is 4.79 Å². The van der Waals surface area contributed by atoms with Gasteiger partial charge in [0.05, 0.1) is 0 Å². The van der Waals surface area contributed by atoms with E-state index in [1.807, 2.05) is 7.05 Å². The summed E-state index contributed by atoms with van der Waals surface area (Å²) in [4.78, 5) is 11.1. The maximum Gasteiger partial charge on any atom is 0.243 e. The van der Waals surface area contributed by atoms with Gasteiger partial charge in [0.2, 0.25) is 5.91 Å². The predicted octanol–water partition coefficient (Wildman–Crippen LogP) is 2.33. The highest BCUT2D eigenvalue weighted by atomic mass is 16.1. The van der Waals surface area contributed by atoms with Crippen LogP contribution in [0.5, 0.6) is 0 Å². The lowest BCUT2D eigenvalue weighted by molar-refractivity contribution is -0.116. The summed E-state index contributed by atoms with van der Waals surface area (Å²) >= 11 is 0. The van der Waals surface area contributed by atoms with Gasteiger partial charge in [-0.25, -0.2) is 0 Å². The molecule has 18 heavy (non-hydrogen) atoms. The molecule has 0 unspecified atom stereocenters. The van der Waals surface area contributed by atoms with E-state index in [0.29, 0.717) is 6.54 Å².